The van der Waals surface area contributed by atoms with Gasteiger partial charge >= 0.3 is 5.97 Å². The number of rotatable bonds is 2. The SMILES string of the molecule is Cc1ncc(C(=O)N2CCC(F)(C(=O)O)C2)c(C)n1. The summed E-state index contributed by atoms with van der Waals surface area (Å²) in [6.07, 6.45) is 1.19. The zero-order chi connectivity index (χ0) is 14.2. The molecule has 6 nitrogen and oxygen atoms in total. The number of likely N-dealkylation sites (tertiary alicyclic amines) is 1. The second-order valence-electron chi connectivity index (χ2n) is 4.66. The van der Waals surface area contributed by atoms with Crippen molar-refractivity contribution in [2.45, 2.75) is 25.9 Å². The number of carboxylic acids is 1. The van der Waals surface area contributed by atoms with Gasteiger partial charge in [-0.15, -0.1) is 0 Å². The highest BCUT2D eigenvalue weighted by atomic mass is 19.1. The van der Waals surface area contributed by atoms with E-state index in [1.54, 1.807) is 13.8 Å². The van der Waals surface area contributed by atoms with Crippen LogP contribution in [0.3, 0.4) is 0 Å². The van der Waals surface area contributed by atoms with Crippen molar-refractivity contribution < 1.29 is 19.1 Å². The van der Waals surface area contributed by atoms with Crippen LogP contribution in [0.4, 0.5) is 4.39 Å². The van der Waals surface area contributed by atoms with Gasteiger partial charge in [0.2, 0.25) is 5.67 Å². The van der Waals surface area contributed by atoms with E-state index < -0.39 is 24.1 Å². The Hall–Kier alpha value is -2.05. The van der Waals surface area contributed by atoms with Gasteiger partial charge < -0.3 is 10.0 Å². The Bertz CT molecular complexity index is 549. The summed E-state index contributed by atoms with van der Waals surface area (Å²) in [7, 11) is 0. The highest BCUT2D eigenvalue weighted by Crippen LogP contribution is 2.27. The second kappa shape index (κ2) is 4.56. The lowest BCUT2D eigenvalue weighted by Gasteiger charge is -2.18. The van der Waals surface area contributed by atoms with Crippen molar-refractivity contribution in [1.29, 1.82) is 0 Å². The Morgan fingerprint density at radius 1 is 1.47 bits per heavy atom. The number of aromatic nitrogens is 2. The molecule has 1 aromatic heterocycles. The normalized spacial score (nSPS) is 22.6. The quantitative estimate of drug-likeness (QED) is 0.854. The molecule has 1 aliphatic rings. The average molecular weight is 267 g/mol. The van der Waals surface area contributed by atoms with E-state index in [9.17, 15) is 14.0 Å². The van der Waals surface area contributed by atoms with Crippen molar-refractivity contribution in [3.05, 3.63) is 23.3 Å². The van der Waals surface area contributed by atoms with Gasteiger partial charge in [-0.3, -0.25) is 4.79 Å². The predicted molar refractivity (Wildman–Crippen MR) is 63.5 cm³/mol. The Balaban J connectivity index is 2.20. The van der Waals surface area contributed by atoms with Gasteiger partial charge in [0, 0.05) is 19.2 Å². The van der Waals surface area contributed by atoms with Crippen LogP contribution >= 0.6 is 0 Å². The molecule has 1 N–H and O–H groups in total. The smallest absolute Gasteiger partial charge is 0.343 e. The Morgan fingerprint density at radius 3 is 2.68 bits per heavy atom. The van der Waals surface area contributed by atoms with E-state index in [0.29, 0.717) is 11.5 Å². The molecule has 0 spiro atoms. The molecule has 0 saturated carbocycles. The highest BCUT2D eigenvalue weighted by Gasteiger charge is 2.47. The van der Waals surface area contributed by atoms with E-state index in [2.05, 4.69) is 9.97 Å². The number of carboxylic acid groups (broad SMARTS) is 1. The van der Waals surface area contributed by atoms with Crippen LogP contribution in [0, 0.1) is 13.8 Å². The number of aryl methyl sites for hydroxylation is 2. The van der Waals surface area contributed by atoms with Crippen LogP contribution in [0.1, 0.15) is 28.3 Å². The van der Waals surface area contributed by atoms with Gasteiger partial charge in [-0.1, -0.05) is 0 Å². The Labute approximate surface area is 109 Å². The maximum atomic E-state index is 13.9. The van der Waals surface area contributed by atoms with E-state index in [-0.39, 0.29) is 18.5 Å². The van der Waals surface area contributed by atoms with Crippen LogP contribution < -0.4 is 0 Å². The van der Waals surface area contributed by atoms with Gasteiger partial charge in [0.1, 0.15) is 5.82 Å². The number of halogens is 1. The standard InChI is InChI=1S/C12H14FN3O3/c1-7-9(5-14-8(2)15-7)10(17)16-4-3-12(13,6-16)11(18)19/h5H,3-4,6H2,1-2H3,(H,18,19). The summed E-state index contributed by atoms with van der Waals surface area (Å²) in [6.45, 7) is 3.01. The predicted octanol–water partition coefficient (Wildman–Crippen LogP) is 0.732. The molecular formula is C12H14FN3O3. The van der Waals surface area contributed by atoms with Crippen molar-refractivity contribution in [2.75, 3.05) is 13.1 Å². The summed E-state index contributed by atoms with van der Waals surface area (Å²) in [4.78, 5) is 32.2. The number of aliphatic carboxylic acids is 1. The summed E-state index contributed by atoms with van der Waals surface area (Å²) in [6, 6.07) is 0. The zero-order valence-corrected chi connectivity index (χ0v) is 10.7. The average Bonchev–Trinajstić information content (AvgIpc) is 2.73. The maximum Gasteiger partial charge on any atom is 0.343 e. The van der Waals surface area contributed by atoms with Crippen LogP contribution in [0.5, 0.6) is 0 Å². The summed E-state index contributed by atoms with van der Waals surface area (Å²) in [5.41, 5.74) is -1.57. The molecule has 7 heteroatoms. The van der Waals surface area contributed by atoms with Gasteiger partial charge in [-0.05, 0) is 13.8 Å². The van der Waals surface area contributed by atoms with E-state index in [1.165, 1.54) is 11.1 Å². The number of carbonyl (C=O) groups is 2. The number of nitrogens with zero attached hydrogens (tertiary/aromatic N) is 3. The topological polar surface area (TPSA) is 83.4 Å². The first kappa shape index (κ1) is 13.4. The molecule has 1 fully saturated rings. The van der Waals surface area contributed by atoms with Gasteiger partial charge in [-0.2, -0.15) is 0 Å². The molecule has 0 aromatic carbocycles. The first-order valence-electron chi connectivity index (χ1n) is 5.85. The molecule has 1 atom stereocenters. The maximum absolute atomic E-state index is 13.9. The minimum atomic E-state index is -2.35. The minimum absolute atomic E-state index is 0.0783. The third-order valence-electron chi connectivity index (χ3n) is 3.22. The zero-order valence-electron chi connectivity index (χ0n) is 10.7. The van der Waals surface area contributed by atoms with E-state index in [0.717, 1.165) is 0 Å². The third-order valence-corrected chi connectivity index (χ3v) is 3.22. The van der Waals surface area contributed by atoms with Crippen molar-refractivity contribution >= 4 is 11.9 Å². The second-order valence-corrected chi connectivity index (χ2v) is 4.66. The van der Waals surface area contributed by atoms with Crippen molar-refractivity contribution in [3.8, 4) is 0 Å². The molecule has 0 aliphatic carbocycles. The highest BCUT2D eigenvalue weighted by molar-refractivity contribution is 5.96. The molecular weight excluding hydrogens is 253 g/mol. The molecule has 0 bridgehead atoms. The molecule has 1 unspecified atom stereocenters. The van der Waals surface area contributed by atoms with Gasteiger partial charge in [0.25, 0.3) is 5.91 Å². The summed E-state index contributed by atoms with van der Waals surface area (Å²) in [5, 5.41) is 8.80. The number of carbonyl (C=O) groups excluding carboxylic acids is 1. The lowest BCUT2D eigenvalue weighted by Crippen LogP contribution is -2.39. The van der Waals surface area contributed by atoms with Crippen molar-refractivity contribution in [3.63, 3.8) is 0 Å². The fourth-order valence-electron chi connectivity index (χ4n) is 2.08. The van der Waals surface area contributed by atoms with Crippen molar-refractivity contribution in [1.82, 2.24) is 14.9 Å². The monoisotopic (exact) mass is 267 g/mol. The fraction of sp³-hybridized carbons (Fsp3) is 0.500. The van der Waals surface area contributed by atoms with E-state index in [4.69, 9.17) is 5.11 Å². The van der Waals surface area contributed by atoms with Crippen molar-refractivity contribution in [2.24, 2.45) is 0 Å². The first-order valence-corrected chi connectivity index (χ1v) is 5.85. The lowest BCUT2D eigenvalue weighted by atomic mass is 10.1. The summed E-state index contributed by atoms with van der Waals surface area (Å²) < 4.78 is 13.9. The van der Waals surface area contributed by atoms with Crippen LogP contribution in [-0.4, -0.2) is 50.6 Å². The van der Waals surface area contributed by atoms with Gasteiger partial charge in [-0.25, -0.2) is 19.2 Å². The molecule has 2 heterocycles. The molecule has 1 saturated heterocycles. The van der Waals surface area contributed by atoms with Crippen LogP contribution in [0.2, 0.25) is 0 Å². The largest absolute Gasteiger partial charge is 0.479 e. The summed E-state index contributed by atoms with van der Waals surface area (Å²) in [5.74, 6) is -1.42. The molecule has 1 amide bonds. The first-order chi connectivity index (χ1) is 8.83. The Kier molecular flexibility index (Phi) is 3.21. The third kappa shape index (κ3) is 2.40. The number of hydrogen-bond donors (Lipinski definition) is 1. The molecule has 0 radical (unpaired) electrons. The van der Waals surface area contributed by atoms with Gasteiger partial charge in [0.05, 0.1) is 17.8 Å². The number of hydrogen-bond acceptors (Lipinski definition) is 4. The van der Waals surface area contributed by atoms with Crippen LogP contribution in [0.15, 0.2) is 6.20 Å². The van der Waals surface area contributed by atoms with Crippen LogP contribution in [0.25, 0.3) is 0 Å². The number of amides is 1. The minimum Gasteiger partial charge on any atom is -0.479 e. The number of alkyl halides is 1. The molecule has 1 aliphatic heterocycles. The molecule has 2 rings (SSSR count). The molecule has 19 heavy (non-hydrogen) atoms. The van der Waals surface area contributed by atoms with Gasteiger partial charge in [0.15, 0.2) is 0 Å². The van der Waals surface area contributed by atoms with E-state index >= 15 is 0 Å². The van der Waals surface area contributed by atoms with E-state index in [1.807, 2.05) is 0 Å². The molecule has 1 aromatic rings. The fourth-order valence-corrected chi connectivity index (χ4v) is 2.08. The summed E-state index contributed by atoms with van der Waals surface area (Å²) >= 11 is 0. The molecule has 102 valence electrons. The Morgan fingerprint density at radius 2 is 2.16 bits per heavy atom. The lowest BCUT2D eigenvalue weighted by molar-refractivity contribution is -0.149. The van der Waals surface area contributed by atoms with Crippen LogP contribution in [-0.2, 0) is 4.79 Å².